The van der Waals surface area contributed by atoms with Gasteiger partial charge in [-0.1, -0.05) is 14.9 Å². The van der Waals surface area contributed by atoms with Gasteiger partial charge in [-0.15, -0.1) is 0 Å². The van der Waals surface area contributed by atoms with Gasteiger partial charge in [0.2, 0.25) is 0 Å². The van der Waals surface area contributed by atoms with Crippen LogP contribution in [0.3, 0.4) is 0 Å². The lowest BCUT2D eigenvalue weighted by Gasteiger charge is -2.30. The average Bonchev–Trinajstić information content (AvgIpc) is 2.38. The van der Waals surface area contributed by atoms with Gasteiger partial charge in [0, 0.05) is 27.3 Å². The average molecular weight is 329 g/mol. The van der Waals surface area contributed by atoms with Crippen LogP contribution in [0.5, 0.6) is 0 Å². The highest BCUT2D eigenvalue weighted by molar-refractivity contribution is 7.51. The normalized spacial score (nSPS) is 15.0. The first-order valence-corrected chi connectivity index (χ1v) is 8.02. The van der Waals surface area contributed by atoms with Crippen LogP contribution in [0.1, 0.15) is 34.6 Å². The van der Waals surface area contributed by atoms with Crippen molar-refractivity contribution in [1.82, 2.24) is 4.67 Å². The molecule has 0 amide bonds. The summed E-state index contributed by atoms with van der Waals surface area (Å²) in [6.45, 7) is 4.31. The minimum absolute atomic E-state index is 0. The molecule has 0 heterocycles. The number of hydrogen-bond acceptors (Lipinski definition) is 6. The van der Waals surface area contributed by atoms with Gasteiger partial charge in [0.05, 0.1) is 12.7 Å². The second kappa shape index (κ2) is 14.9. The highest BCUT2D eigenvalue weighted by Crippen LogP contribution is 2.52. The molecule has 0 aromatic heterocycles. The Bertz CT molecular complexity index is 262. The molecule has 8 heteroatoms. The predicted molar refractivity (Wildman–Crippen MR) is 89.4 cm³/mol. The van der Waals surface area contributed by atoms with Gasteiger partial charge >= 0.3 is 7.75 Å². The van der Waals surface area contributed by atoms with Crippen molar-refractivity contribution in [3.63, 3.8) is 0 Å². The molecule has 0 aromatic rings. The molecular formula is C13H36N3O4P. The van der Waals surface area contributed by atoms with E-state index in [0.717, 1.165) is 12.8 Å². The summed E-state index contributed by atoms with van der Waals surface area (Å²) in [7, 11) is -0.359. The molecule has 7 nitrogen and oxygen atoms in total. The predicted octanol–water partition coefficient (Wildman–Crippen LogP) is 2.06. The molecule has 0 aliphatic carbocycles. The van der Waals surface area contributed by atoms with Gasteiger partial charge in [0.1, 0.15) is 0 Å². The van der Waals surface area contributed by atoms with Crippen LogP contribution in [0.2, 0.25) is 0 Å². The fourth-order valence-corrected chi connectivity index (χ4v) is 3.36. The number of nitrogens with zero attached hydrogens (tertiary/aromatic N) is 1. The molecule has 2 unspecified atom stereocenters. The highest BCUT2D eigenvalue weighted by Gasteiger charge is 2.33. The van der Waals surface area contributed by atoms with Crippen molar-refractivity contribution in [1.29, 1.82) is 0 Å². The Morgan fingerprint density at radius 2 is 1.57 bits per heavy atom. The molecule has 21 heavy (non-hydrogen) atoms. The SMILES string of the molecule is C.C.COCC(C)OP(=O)(OC)N(CCCN)CCCN. The molecule has 4 N–H and O–H groups in total. The third-order valence-electron chi connectivity index (χ3n) is 2.53. The van der Waals surface area contributed by atoms with E-state index in [0.29, 0.717) is 32.8 Å². The Morgan fingerprint density at radius 1 is 1.10 bits per heavy atom. The molecular weight excluding hydrogens is 293 g/mol. The van der Waals surface area contributed by atoms with E-state index in [-0.39, 0.29) is 21.0 Å². The van der Waals surface area contributed by atoms with Crippen LogP contribution in [0.25, 0.3) is 0 Å². The third-order valence-corrected chi connectivity index (χ3v) is 4.71. The largest absolute Gasteiger partial charge is 0.408 e. The fourth-order valence-electron chi connectivity index (χ4n) is 1.62. The van der Waals surface area contributed by atoms with Gasteiger partial charge in [-0.05, 0) is 32.9 Å². The van der Waals surface area contributed by atoms with Crippen molar-refractivity contribution in [2.24, 2.45) is 11.5 Å². The Morgan fingerprint density at radius 3 is 1.90 bits per heavy atom. The third kappa shape index (κ3) is 10.4. The molecule has 0 bridgehead atoms. The van der Waals surface area contributed by atoms with E-state index >= 15 is 0 Å². The molecule has 2 atom stereocenters. The maximum absolute atomic E-state index is 12.7. The summed E-state index contributed by atoms with van der Waals surface area (Å²) < 4.78 is 30.1. The van der Waals surface area contributed by atoms with Crippen molar-refractivity contribution in [2.45, 2.75) is 40.7 Å². The standard InChI is InChI=1S/C11H28N3O4P.2CH4/c1-11(10-16-2)18-19(15,17-3)14(8-4-6-12)9-5-7-13;;/h11H,4-10,12-13H2,1-3H3;2*1H4. The minimum atomic E-state index is -3.31. The van der Waals surface area contributed by atoms with E-state index in [2.05, 4.69) is 0 Å². The van der Waals surface area contributed by atoms with Gasteiger partial charge in [0.25, 0.3) is 0 Å². The summed E-state index contributed by atoms with van der Waals surface area (Å²) in [6.07, 6.45) is 1.13. The van der Waals surface area contributed by atoms with Crippen LogP contribution in [-0.4, -0.2) is 57.8 Å². The molecule has 0 fully saturated rings. The Labute approximate surface area is 130 Å². The van der Waals surface area contributed by atoms with Crippen molar-refractivity contribution < 1.29 is 18.3 Å². The maximum Gasteiger partial charge on any atom is 0.408 e. The van der Waals surface area contributed by atoms with E-state index in [1.807, 2.05) is 0 Å². The number of nitrogens with two attached hydrogens (primary N) is 2. The van der Waals surface area contributed by atoms with E-state index in [4.69, 9.17) is 25.3 Å². The number of ether oxygens (including phenoxy) is 1. The lowest BCUT2D eigenvalue weighted by molar-refractivity contribution is 0.0653. The lowest BCUT2D eigenvalue weighted by atomic mass is 10.4. The van der Waals surface area contributed by atoms with Gasteiger partial charge in [-0.2, -0.15) is 0 Å². The second-order valence-electron chi connectivity index (χ2n) is 4.26. The zero-order valence-electron chi connectivity index (χ0n) is 12.2. The van der Waals surface area contributed by atoms with Crippen molar-refractivity contribution >= 4 is 7.75 Å². The molecule has 132 valence electrons. The maximum atomic E-state index is 12.7. The summed E-state index contributed by atoms with van der Waals surface area (Å²) in [5, 5.41) is 0. The monoisotopic (exact) mass is 329 g/mol. The van der Waals surface area contributed by atoms with Crippen LogP contribution in [-0.2, 0) is 18.3 Å². The van der Waals surface area contributed by atoms with Crippen molar-refractivity contribution in [3.05, 3.63) is 0 Å². The molecule has 0 saturated carbocycles. The first-order valence-electron chi connectivity index (χ1n) is 6.52. The van der Waals surface area contributed by atoms with Gasteiger partial charge in [-0.3, -0.25) is 9.05 Å². The molecule has 0 aromatic carbocycles. The summed E-state index contributed by atoms with van der Waals surface area (Å²) >= 11 is 0. The van der Waals surface area contributed by atoms with Crippen LogP contribution < -0.4 is 11.5 Å². The van der Waals surface area contributed by atoms with Gasteiger partial charge < -0.3 is 16.2 Å². The lowest BCUT2D eigenvalue weighted by Crippen LogP contribution is -2.30. The van der Waals surface area contributed by atoms with Gasteiger partial charge in [0.15, 0.2) is 0 Å². The van der Waals surface area contributed by atoms with Crippen LogP contribution in [0, 0.1) is 0 Å². The Hall–Kier alpha value is -0.0100. The van der Waals surface area contributed by atoms with Crippen LogP contribution >= 0.6 is 7.75 Å². The molecule has 0 saturated heterocycles. The first kappa shape index (κ1) is 25.9. The highest BCUT2D eigenvalue weighted by atomic mass is 31.2. The fraction of sp³-hybridized carbons (Fsp3) is 1.00. The van der Waals surface area contributed by atoms with Gasteiger partial charge in [-0.25, -0.2) is 9.24 Å². The zero-order valence-corrected chi connectivity index (χ0v) is 13.1. The quantitative estimate of drug-likeness (QED) is 0.529. The molecule has 0 spiro atoms. The van der Waals surface area contributed by atoms with E-state index < -0.39 is 7.75 Å². The number of hydrogen-bond donors (Lipinski definition) is 2. The molecule has 0 radical (unpaired) electrons. The van der Waals surface area contributed by atoms with E-state index in [1.54, 1.807) is 18.7 Å². The molecule has 0 rings (SSSR count). The van der Waals surface area contributed by atoms with Crippen LogP contribution in [0.4, 0.5) is 0 Å². The van der Waals surface area contributed by atoms with E-state index in [9.17, 15) is 4.57 Å². The summed E-state index contributed by atoms with van der Waals surface area (Å²) in [6, 6.07) is 0. The topological polar surface area (TPSA) is 100 Å². The number of rotatable bonds is 12. The van der Waals surface area contributed by atoms with Crippen molar-refractivity contribution in [2.75, 3.05) is 47.0 Å². The molecule has 0 aliphatic rings. The zero-order chi connectivity index (χ0) is 14.7. The smallest absolute Gasteiger partial charge is 0.382 e. The summed E-state index contributed by atoms with van der Waals surface area (Å²) in [5.41, 5.74) is 11.0. The summed E-state index contributed by atoms with van der Waals surface area (Å²) in [5.74, 6) is 0. The van der Waals surface area contributed by atoms with Crippen LogP contribution in [0.15, 0.2) is 0 Å². The van der Waals surface area contributed by atoms with Crippen molar-refractivity contribution in [3.8, 4) is 0 Å². The number of methoxy groups -OCH3 is 1. The molecule has 0 aliphatic heterocycles. The second-order valence-corrected chi connectivity index (χ2v) is 6.34. The Kier molecular flexibility index (Phi) is 18.4. The minimum Gasteiger partial charge on any atom is -0.382 e. The first-order chi connectivity index (χ1) is 9.03. The Balaban J connectivity index is -0.00000162. The summed E-state index contributed by atoms with van der Waals surface area (Å²) in [4.78, 5) is 0. The van der Waals surface area contributed by atoms with E-state index in [1.165, 1.54) is 7.11 Å².